The third-order valence-electron chi connectivity index (χ3n) is 2.78. The molecule has 0 aromatic heterocycles. The molecule has 0 aromatic carbocycles. The number of piperidine rings is 1. The lowest BCUT2D eigenvalue weighted by Gasteiger charge is -2.23. The first-order chi connectivity index (χ1) is 7.63. The minimum atomic E-state index is -0.0808. The highest BCUT2D eigenvalue weighted by atomic mass is 16.5. The lowest BCUT2D eigenvalue weighted by Crippen LogP contribution is -2.45. The van der Waals surface area contributed by atoms with Crippen LogP contribution in [0.4, 0.5) is 0 Å². The predicted octanol–water partition coefficient (Wildman–Crippen LogP) is 0.0538. The first-order valence-corrected chi connectivity index (χ1v) is 5.69. The number of rotatable bonds is 5. The third kappa shape index (κ3) is 4.18. The van der Waals surface area contributed by atoms with Crippen molar-refractivity contribution in [3.63, 3.8) is 0 Å². The Morgan fingerprint density at radius 1 is 1.69 bits per heavy atom. The molecule has 2 unspecified atom stereocenters. The molecule has 0 spiro atoms. The standard InChI is InChI=1S/C11H20N2O3/c1-8(5-6-16-2)13-11(15)9-3-4-10(14)12-7-9/h8-9H,3-7H2,1-2H3,(H,12,14)(H,13,15). The summed E-state index contributed by atoms with van der Waals surface area (Å²) in [6, 6.07) is 0.116. The van der Waals surface area contributed by atoms with E-state index < -0.39 is 0 Å². The summed E-state index contributed by atoms with van der Waals surface area (Å²) >= 11 is 0. The summed E-state index contributed by atoms with van der Waals surface area (Å²) in [5, 5.41) is 5.63. The molecule has 2 N–H and O–H groups in total. The quantitative estimate of drug-likeness (QED) is 0.699. The molecule has 1 heterocycles. The van der Waals surface area contributed by atoms with E-state index >= 15 is 0 Å². The number of amides is 2. The zero-order chi connectivity index (χ0) is 12.0. The zero-order valence-electron chi connectivity index (χ0n) is 9.91. The van der Waals surface area contributed by atoms with Crippen LogP contribution in [0.2, 0.25) is 0 Å². The van der Waals surface area contributed by atoms with E-state index in [2.05, 4.69) is 10.6 Å². The fourth-order valence-corrected chi connectivity index (χ4v) is 1.68. The van der Waals surface area contributed by atoms with E-state index in [1.807, 2.05) is 6.92 Å². The van der Waals surface area contributed by atoms with Gasteiger partial charge in [0.1, 0.15) is 0 Å². The number of carbonyl (C=O) groups excluding carboxylic acids is 2. The molecule has 1 rings (SSSR count). The fourth-order valence-electron chi connectivity index (χ4n) is 1.68. The van der Waals surface area contributed by atoms with E-state index in [1.54, 1.807) is 7.11 Å². The number of hydrogen-bond donors (Lipinski definition) is 2. The first-order valence-electron chi connectivity index (χ1n) is 5.69. The smallest absolute Gasteiger partial charge is 0.225 e. The summed E-state index contributed by atoms with van der Waals surface area (Å²) in [5.74, 6) is -0.0113. The SMILES string of the molecule is COCCC(C)NC(=O)C1CCC(=O)NC1. The van der Waals surface area contributed by atoms with Crippen molar-refractivity contribution in [2.45, 2.75) is 32.2 Å². The van der Waals surface area contributed by atoms with Crippen LogP contribution in [0.25, 0.3) is 0 Å². The number of hydrogen-bond acceptors (Lipinski definition) is 3. The second kappa shape index (κ2) is 6.48. The van der Waals surface area contributed by atoms with Crippen molar-refractivity contribution >= 4 is 11.8 Å². The second-order valence-electron chi connectivity index (χ2n) is 4.23. The van der Waals surface area contributed by atoms with Crippen molar-refractivity contribution < 1.29 is 14.3 Å². The Bertz CT molecular complexity index is 246. The topological polar surface area (TPSA) is 67.4 Å². The summed E-state index contributed by atoms with van der Waals surface area (Å²) in [5.41, 5.74) is 0. The third-order valence-corrected chi connectivity index (χ3v) is 2.78. The molecule has 1 saturated heterocycles. The Morgan fingerprint density at radius 3 is 3.00 bits per heavy atom. The largest absolute Gasteiger partial charge is 0.385 e. The van der Waals surface area contributed by atoms with Crippen LogP contribution in [0.3, 0.4) is 0 Å². The zero-order valence-corrected chi connectivity index (χ0v) is 9.91. The molecular formula is C11H20N2O3. The summed E-state index contributed by atoms with van der Waals surface area (Å²) in [6.45, 7) is 3.06. The van der Waals surface area contributed by atoms with Crippen molar-refractivity contribution in [1.29, 1.82) is 0 Å². The van der Waals surface area contributed by atoms with Gasteiger partial charge in [-0.05, 0) is 19.8 Å². The maximum atomic E-state index is 11.8. The van der Waals surface area contributed by atoms with Gasteiger partial charge >= 0.3 is 0 Å². The molecule has 0 saturated carbocycles. The predicted molar refractivity (Wildman–Crippen MR) is 59.8 cm³/mol. The molecule has 2 amide bonds. The van der Waals surface area contributed by atoms with Crippen molar-refractivity contribution in [1.82, 2.24) is 10.6 Å². The van der Waals surface area contributed by atoms with Gasteiger partial charge < -0.3 is 15.4 Å². The molecule has 5 heteroatoms. The van der Waals surface area contributed by atoms with Crippen LogP contribution < -0.4 is 10.6 Å². The van der Waals surface area contributed by atoms with E-state index in [1.165, 1.54) is 0 Å². The van der Waals surface area contributed by atoms with Gasteiger partial charge in [-0.25, -0.2) is 0 Å². The Kier molecular flexibility index (Phi) is 5.25. The Hall–Kier alpha value is -1.10. The average molecular weight is 228 g/mol. The first kappa shape index (κ1) is 13.0. The minimum absolute atomic E-state index is 0.0311. The highest BCUT2D eigenvalue weighted by Gasteiger charge is 2.24. The Morgan fingerprint density at radius 2 is 2.44 bits per heavy atom. The van der Waals surface area contributed by atoms with Crippen LogP contribution in [-0.2, 0) is 14.3 Å². The van der Waals surface area contributed by atoms with Crippen LogP contribution in [0.5, 0.6) is 0 Å². The fraction of sp³-hybridized carbons (Fsp3) is 0.818. The molecule has 1 aliphatic rings. The monoisotopic (exact) mass is 228 g/mol. The van der Waals surface area contributed by atoms with E-state index in [0.29, 0.717) is 26.0 Å². The van der Waals surface area contributed by atoms with E-state index in [9.17, 15) is 9.59 Å². The van der Waals surface area contributed by atoms with Gasteiger partial charge in [-0.15, -0.1) is 0 Å². The molecule has 16 heavy (non-hydrogen) atoms. The van der Waals surface area contributed by atoms with E-state index in [-0.39, 0.29) is 23.8 Å². The van der Waals surface area contributed by atoms with Crippen molar-refractivity contribution in [2.24, 2.45) is 5.92 Å². The summed E-state index contributed by atoms with van der Waals surface area (Å²) in [4.78, 5) is 22.7. The molecule has 0 radical (unpaired) electrons. The molecular weight excluding hydrogens is 208 g/mol. The minimum Gasteiger partial charge on any atom is -0.385 e. The normalized spacial score (nSPS) is 22.4. The van der Waals surface area contributed by atoms with Gasteiger partial charge in [0.2, 0.25) is 11.8 Å². The lowest BCUT2D eigenvalue weighted by atomic mass is 9.98. The maximum Gasteiger partial charge on any atom is 0.225 e. The number of ether oxygens (including phenoxy) is 1. The molecule has 2 atom stereocenters. The Labute approximate surface area is 95.9 Å². The highest BCUT2D eigenvalue weighted by Crippen LogP contribution is 2.11. The van der Waals surface area contributed by atoms with Crippen molar-refractivity contribution in [3.05, 3.63) is 0 Å². The molecule has 1 fully saturated rings. The van der Waals surface area contributed by atoms with Crippen LogP contribution in [0.15, 0.2) is 0 Å². The average Bonchev–Trinajstić information content (AvgIpc) is 2.27. The van der Waals surface area contributed by atoms with E-state index in [0.717, 1.165) is 6.42 Å². The van der Waals surface area contributed by atoms with Gasteiger partial charge in [-0.3, -0.25) is 9.59 Å². The van der Waals surface area contributed by atoms with Crippen molar-refractivity contribution in [3.8, 4) is 0 Å². The molecule has 5 nitrogen and oxygen atoms in total. The summed E-state index contributed by atoms with van der Waals surface area (Å²) in [6.07, 6.45) is 1.90. The Balaban J connectivity index is 2.26. The molecule has 0 aromatic rings. The van der Waals surface area contributed by atoms with Crippen LogP contribution in [-0.4, -0.2) is 38.1 Å². The number of methoxy groups -OCH3 is 1. The summed E-state index contributed by atoms with van der Waals surface area (Å²) < 4.78 is 4.95. The van der Waals surface area contributed by atoms with Gasteiger partial charge in [0.15, 0.2) is 0 Å². The number of carbonyl (C=O) groups is 2. The maximum absolute atomic E-state index is 11.8. The molecule has 0 bridgehead atoms. The van der Waals surface area contributed by atoms with Gasteiger partial charge in [-0.1, -0.05) is 0 Å². The van der Waals surface area contributed by atoms with Crippen LogP contribution >= 0.6 is 0 Å². The van der Waals surface area contributed by atoms with Gasteiger partial charge in [0, 0.05) is 32.7 Å². The molecule has 1 aliphatic heterocycles. The van der Waals surface area contributed by atoms with E-state index in [4.69, 9.17) is 4.74 Å². The molecule has 92 valence electrons. The van der Waals surface area contributed by atoms with Crippen LogP contribution in [0, 0.1) is 5.92 Å². The number of nitrogens with one attached hydrogen (secondary N) is 2. The molecule has 0 aliphatic carbocycles. The summed E-state index contributed by atoms with van der Waals surface area (Å²) in [7, 11) is 1.64. The van der Waals surface area contributed by atoms with Gasteiger partial charge in [0.05, 0.1) is 5.92 Å². The van der Waals surface area contributed by atoms with Gasteiger partial charge in [-0.2, -0.15) is 0 Å². The van der Waals surface area contributed by atoms with Gasteiger partial charge in [0.25, 0.3) is 0 Å². The highest BCUT2D eigenvalue weighted by molar-refractivity contribution is 5.83. The second-order valence-corrected chi connectivity index (χ2v) is 4.23. The van der Waals surface area contributed by atoms with Crippen molar-refractivity contribution in [2.75, 3.05) is 20.3 Å². The lowest BCUT2D eigenvalue weighted by molar-refractivity contribution is -0.129. The van der Waals surface area contributed by atoms with Crippen LogP contribution in [0.1, 0.15) is 26.2 Å².